The average molecular weight is 322 g/mol. The van der Waals surface area contributed by atoms with Gasteiger partial charge in [-0.3, -0.25) is 9.69 Å². The van der Waals surface area contributed by atoms with E-state index in [0.29, 0.717) is 22.0 Å². The van der Waals surface area contributed by atoms with Crippen molar-refractivity contribution >= 4 is 35.0 Å². The van der Waals surface area contributed by atoms with E-state index in [2.05, 4.69) is 0 Å². The van der Waals surface area contributed by atoms with Gasteiger partial charge in [-0.25, -0.2) is 4.39 Å². The Balaban J connectivity index is 2.04. The Labute approximate surface area is 131 Å². The van der Waals surface area contributed by atoms with Gasteiger partial charge in [0.15, 0.2) is 0 Å². The van der Waals surface area contributed by atoms with Gasteiger partial charge in [-0.15, -0.1) is 11.8 Å². The van der Waals surface area contributed by atoms with Gasteiger partial charge in [-0.1, -0.05) is 35.9 Å². The summed E-state index contributed by atoms with van der Waals surface area (Å²) in [4.78, 5) is 13.8. The van der Waals surface area contributed by atoms with Crippen LogP contribution in [0.25, 0.3) is 0 Å². The molecule has 0 aliphatic carbocycles. The van der Waals surface area contributed by atoms with E-state index in [9.17, 15) is 9.18 Å². The maximum absolute atomic E-state index is 14.0. The van der Waals surface area contributed by atoms with Gasteiger partial charge in [-0.2, -0.15) is 0 Å². The van der Waals surface area contributed by atoms with Gasteiger partial charge in [0, 0.05) is 16.3 Å². The third-order valence-corrected chi connectivity index (χ3v) is 5.07. The fourth-order valence-electron chi connectivity index (χ4n) is 2.34. The lowest BCUT2D eigenvalue weighted by molar-refractivity contribution is -0.115. The number of hydrogen-bond acceptors (Lipinski definition) is 2. The highest BCUT2D eigenvalue weighted by Gasteiger charge is 2.35. The SMILES string of the molecule is Cc1ccc(N2C(=O)CS[C@@H]2c2ccccc2F)cc1Cl. The smallest absolute Gasteiger partial charge is 0.238 e. The highest BCUT2D eigenvalue weighted by molar-refractivity contribution is 8.00. The molecule has 0 bridgehead atoms. The van der Waals surface area contributed by atoms with Crippen molar-refractivity contribution in [1.29, 1.82) is 0 Å². The summed E-state index contributed by atoms with van der Waals surface area (Å²) in [5.41, 5.74) is 2.17. The van der Waals surface area contributed by atoms with Crippen molar-refractivity contribution in [2.24, 2.45) is 0 Å². The zero-order valence-electron chi connectivity index (χ0n) is 11.3. The Bertz CT molecular complexity index is 706. The number of nitrogens with zero attached hydrogens (tertiary/aromatic N) is 1. The van der Waals surface area contributed by atoms with Crippen LogP contribution < -0.4 is 4.90 Å². The molecule has 1 aliphatic heterocycles. The molecule has 3 rings (SSSR count). The molecule has 5 heteroatoms. The molecule has 21 heavy (non-hydrogen) atoms. The predicted molar refractivity (Wildman–Crippen MR) is 85.3 cm³/mol. The van der Waals surface area contributed by atoms with Gasteiger partial charge in [-0.05, 0) is 30.7 Å². The fraction of sp³-hybridized carbons (Fsp3) is 0.188. The molecule has 1 saturated heterocycles. The zero-order chi connectivity index (χ0) is 15.0. The lowest BCUT2D eigenvalue weighted by atomic mass is 10.1. The molecule has 0 radical (unpaired) electrons. The molecule has 1 aliphatic rings. The molecule has 108 valence electrons. The number of aryl methyl sites for hydroxylation is 1. The minimum absolute atomic E-state index is 0.0341. The second kappa shape index (κ2) is 5.70. The summed E-state index contributed by atoms with van der Waals surface area (Å²) in [7, 11) is 0. The summed E-state index contributed by atoms with van der Waals surface area (Å²) >= 11 is 7.57. The van der Waals surface area contributed by atoms with E-state index in [4.69, 9.17) is 11.6 Å². The second-order valence-corrected chi connectivity index (χ2v) is 6.36. The molecule has 0 unspecified atom stereocenters. The van der Waals surface area contributed by atoms with Gasteiger partial charge < -0.3 is 0 Å². The number of anilines is 1. The number of carbonyl (C=O) groups is 1. The van der Waals surface area contributed by atoms with E-state index in [1.165, 1.54) is 17.8 Å². The van der Waals surface area contributed by atoms with Crippen LogP contribution in [-0.2, 0) is 4.79 Å². The number of benzene rings is 2. The highest BCUT2D eigenvalue weighted by Crippen LogP contribution is 2.43. The molecule has 2 nitrogen and oxygen atoms in total. The predicted octanol–water partition coefficient (Wildman–Crippen LogP) is 4.57. The third-order valence-electron chi connectivity index (χ3n) is 3.47. The normalized spacial score (nSPS) is 18.3. The van der Waals surface area contributed by atoms with Crippen molar-refractivity contribution in [3.05, 3.63) is 64.4 Å². The molecule has 1 fully saturated rings. The Kier molecular flexibility index (Phi) is 3.91. The lowest BCUT2D eigenvalue weighted by Crippen LogP contribution is -2.28. The van der Waals surface area contributed by atoms with Gasteiger partial charge >= 0.3 is 0 Å². The summed E-state index contributed by atoms with van der Waals surface area (Å²) in [5, 5.41) is 0.252. The first-order chi connectivity index (χ1) is 10.1. The van der Waals surface area contributed by atoms with Crippen LogP contribution in [0.4, 0.5) is 10.1 Å². The quantitative estimate of drug-likeness (QED) is 0.807. The molecule has 2 aromatic rings. The zero-order valence-corrected chi connectivity index (χ0v) is 12.9. The molecule has 1 atom stereocenters. The molecular formula is C16H13ClFNOS. The van der Waals surface area contributed by atoms with Gasteiger partial charge in [0.25, 0.3) is 0 Å². The largest absolute Gasteiger partial charge is 0.295 e. The van der Waals surface area contributed by atoms with Crippen molar-refractivity contribution < 1.29 is 9.18 Å². The van der Waals surface area contributed by atoms with Gasteiger partial charge in [0.1, 0.15) is 11.2 Å². The Hall–Kier alpha value is -1.52. The molecule has 0 saturated carbocycles. The second-order valence-electron chi connectivity index (χ2n) is 4.88. The monoisotopic (exact) mass is 321 g/mol. The summed E-state index contributed by atoms with van der Waals surface area (Å²) in [6, 6.07) is 12.0. The molecule has 2 aromatic carbocycles. The third kappa shape index (κ3) is 2.65. The van der Waals surface area contributed by atoms with E-state index in [1.54, 1.807) is 29.2 Å². The Morgan fingerprint density at radius 1 is 1.29 bits per heavy atom. The number of halogens is 2. The number of hydrogen-bond donors (Lipinski definition) is 0. The van der Waals surface area contributed by atoms with Crippen LogP contribution in [0, 0.1) is 12.7 Å². The molecular weight excluding hydrogens is 309 g/mol. The summed E-state index contributed by atoms with van der Waals surface area (Å²) in [5.74, 6) is 0.00546. The van der Waals surface area contributed by atoms with Crippen molar-refractivity contribution in [1.82, 2.24) is 0 Å². The Morgan fingerprint density at radius 2 is 2.05 bits per heavy atom. The van der Waals surface area contributed by atoms with Gasteiger partial charge in [0.2, 0.25) is 5.91 Å². The number of rotatable bonds is 2. The van der Waals surface area contributed by atoms with Crippen LogP contribution in [0.2, 0.25) is 5.02 Å². The summed E-state index contributed by atoms with van der Waals surface area (Å²) < 4.78 is 14.0. The molecule has 0 spiro atoms. The number of carbonyl (C=O) groups excluding carboxylic acids is 1. The molecule has 0 N–H and O–H groups in total. The standard InChI is InChI=1S/C16H13ClFNOS/c1-10-6-7-11(8-13(10)17)19-15(20)9-21-16(19)12-4-2-3-5-14(12)18/h2-8,16H,9H2,1H3/t16-/m1/s1. The van der Waals surface area contributed by atoms with E-state index >= 15 is 0 Å². The average Bonchev–Trinajstić information content (AvgIpc) is 2.84. The van der Waals surface area contributed by atoms with Crippen LogP contribution in [0.5, 0.6) is 0 Å². The fourth-order valence-corrected chi connectivity index (χ4v) is 3.71. The number of thioether (sulfide) groups is 1. The highest BCUT2D eigenvalue weighted by atomic mass is 35.5. The van der Waals surface area contributed by atoms with E-state index in [-0.39, 0.29) is 17.1 Å². The van der Waals surface area contributed by atoms with Crippen molar-refractivity contribution in [3.63, 3.8) is 0 Å². The molecule has 0 aromatic heterocycles. The van der Waals surface area contributed by atoms with Crippen molar-refractivity contribution in [2.45, 2.75) is 12.3 Å². The van der Waals surface area contributed by atoms with Crippen LogP contribution in [0.1, 0.15) is 16.5 Å². The first-order valence-corrected chi connectivity index (χ1v) is 7.95. The van der Waals surface area contributed by atoms with Crippen LogP contribution in [-0.4, -0.2) is 11.7 Å². The minimum atomic E-state index is -0.350. The summed E-state index contributed by atoms with van der Waals surface area (Å²) in [6.07, 6.45) is 0. The maximum Gasteiger partial charge on any atom is 0.238 e. The molecule has 1 heterocycles. The Morgan fingerprint density at radius 3 is 2.76 bits per heavy atom. The first kappa shape index (κ1) is 14.4. The van der Waals surface area contributed by atoms with Gasteiger partial charge in [0.05, 0.1) is 5.75 Å². The van der Waals surface area contributed by atoms with E-state index < -0.39 is 0 Å². The van der Waals surface area contributed by atoms with Crippen molar-refractivity contribution in [2.75, 3.05) is 10.7 Å². The van der Waals surface area contributed by atoms with Crippen LogP contribution in [0.3, 0.4) is 0 Å². The van der Waals surface area contributed by atoms with Crippen LogP contribution in [0.15, 0.2) is 42.5 Å². The lowest BCUT2D eigenvalue weighted by Gasteiger charge is -2.25. The maximum atomic E-state index is 14.0. The minimum Gasteiger partial charge on any atom is -0.295 e. The molecule has 1 amide bonds. The van der Waals surface area contributed by atoms with E-state index in [1.807, 2.05) is 19.1 Å². The van der Waals surface area contributed by atoms with Crippen molar-refractivity contribution in [3.8, 4) is 0 Å². The van der Waals surface area contributed by atoms with E-state index in [0.717, 1.165) is 5.56 Å². The number of amides is 1. The summed E-state index contributed by atoms with van der Waals surface area (Å²) in [6.45, 7) is 1.90. The first-order valence-electron chi connectivity index (χ1n) is 6.52. The topological polar surface area (TPSA) is 20.3 Å². The van der Waals surface area contributed by atoms with Crippen LogP contribution >= 0.6 is 23.4 Å².